The van der Waals surface area contributed by atoms with Gasteiger partial charge in [-0.15, -0.1) is 0 Å². The average molecular weight is 285 g/mol. The predicted molar refractivity (Wildman–Crippen MR) is 81.6 cm³/mol. The van der Waals surface area contributed by atoms with Crippen molar-refractivity contribution in [2.24, 2.45) is 0 Å². The van der Waals surface area contributed by atoms with E-state index in [2.05, 4.69) is 15.3 Å². The van der Waals surface area contributed by atoms with Gasteiger partial charge in [-0.3, -0.25) is 0 Å². The number of aromatic carboxylic acids is 1. The van der Waals surface area contributed by atoms with E-state index in [1.54, 1.807) is 6.20 Å². The average Bonchev–Trinajstić information content (AvgIpc) is 2.46. The van der Waals surface area contributed by atoms with Crippen molar-refractivity contribution >= 4 is 11.7 Å². The van der Waals surface area contributed by atoms with E-state index in [4.69, 9.17) is 0 Å². The first-order chi connectivity index (χ1) is 9.97. The summed E-state index contributed by atoms with van der Waals surface area (Å²) in [6.45, 7) is 6.42. The molecule has 2 rings (SSSR count). The molecule has 0 atom stereocenters. The van der Waals surface area contributed by atoms with E-state index < -0.39 is 5.97 Å². The smallest absolute Gasteiger partial charge is 0.356 e. The van der Waals surface area contributed by atoms with Gasteiger partial charge in [0.05, 0.1) is 11.9 Å². The van der Waals surface area contributed by atoms with Crippen molar-refractivity contribution in [2.45, 2.75) is 33.2 Å². The molecular weight excluding hydrogens is 266 g/mol. The highest BCUT2D eigenvalue weighted by molar-refractivity contribution is 5.91. The second-order valence-corrected chi connectivity index (χ2v) is 5.29. The molecule has 0 aliphatic carbocycles. The van der Waals surface area contributed by atoms with Crippen molar-refractivity contribution in [1.29, 1.82) is 0 Å². The van der Waals surface area contributed by atoms with Crippen LogP contribution in [0.2, 0.25) is 0 Å². The highest BCUT2D eigenvalue weighted by Gasteiger charge is 2.15. The maximum absolute atomic E-state index is 11.3. The third kappa shape index (κ3) is 3.78. The maximum Gasteiger partial charge on any atom is 0.356 e. The Morgan fingerprint density at radius 1 is 1.29 bits per heavy atom. The SMILES string of the molecule is Cc1ccc(CNc2cnc(C(C)C)nc2C(=O)O)cc1. The van der Waals surface area contributed by atoms with Crippen LogP contribution in [-0.4, -0.2) is 21.0 Å². The number of carboxylic acids is 1. The Bertz CT molecular complexity index is 636. The first-order valence-electron chi connectivity index (χ1n) is 6.87. The van der Waals surface area contributed by atoms with Crippen LogP contribution in [0.5, 0.6) is 0 Å². The van der Waals surface area contributed by atoms with Crippen LogP contribution in [-0.2, 0) is 6.54 Å². The Kier molecular flexibility index (Phi) is 4.52. The molecule has 0 aliphatic rings. The van der Waals surface area contributed by atoms with Crippen molar-refractivity contribution in [1.82, 2.24) is 9.97 Å². The van der Waals surface area contributed by atoms with Crippen LogP contribution in [0.1, 0.15) is 47.2 Å². The number of benzene rings is 1. The first-order valence-corrected chi connectivity index (χ1v) is 6.87. The third-order valence-electron chi connectivity index (χ3n) is 3.13. The number of rotatable bonds is 5. The Labute approximate surface area is 124 Å². The van der Waals surface area contributed by atoms with Crippen LogP contribution in [0, 0.1) is 6.92 Å². The lowest BCUT2D eigenvalue weighted by atomic mass is 10.1. The molecule has 0 saturated carbocycles. The molecule has 2 aromatic rings. The van der Waals surface area contributed by atoms with Gasteiger partial charge in [-0.05, 0) is 12.5 Å². The summed E-state index contributed by atoms with van der Waals surface area (Å²) in [6.07, 6.45) is 1.54. The molecule has 0 spiro atoms. The Balaban J connectivity index is 2.19. The molecule has 0 fully saturated rings. The minimum Gasteiger partial charge on any atom is -0.476 e. The summed E-state index contributed by atoms with van der Waals surface area (Å²) in [4.78, 5) is 19.7. The molecule has 0 saturated heterocycles. The molecule has 110 valence electrons. The van der Waals surface area contributed by atoms with Crippen LogP contribution in [0.15, 0.2) is 30.5 Å². The number of nitrogens with one attached hydrogen (secondary N) is 1. The maximum atomic E-state index is 11.3. The van der Waals surface area contributed by atoms with Gasteiger partial charge in [-0.2, -0.15) is 0 Å². The van der Waals surface area contributed by atoms with E-state index in [0.29, 0.717) is 18.1 Å². The Morgan fingerprint density at radius 2 is 1.95 bits per heavy atom. The molecule has 21 heavy (non-hydrogen) atoms. The summed E-state index contributed by atoms with van der Waals surface area (Å²) >= 11 is 0. The Morgan fingerprint density at radius 3 is 2.52 bits per heavy atom. The second kappa shape index (κ2) is 6.35. The van der Waals surface area contributed by atoms with Crippen molar-refractivity contribution < 1.29 is 9.90 Å². The number of hydrogen-bond donors (Lipinski definition) is 2. The lowest BCUT2D eigenvalue weighted by Crippen LogP contribution is -2.12. The lowest BCUT2D eigenvalue weighted by molar-refractivity contribution is 0.0691. The minimum absolute atomic E-state index is 0.0146. The van der Waals surface area contributed by atoms with E-state index >= 15 is 0 Å². The van der Waals surface area contributed by atoms with Crippen LogP contribution < -0.4 is 5.32 Å². The van der Waals surface area contributed by atoms with Gasteiger partial charge in [0, 0.05) is 12.5 Å². The summed E-state index contributed by atoms with van der Waals surface area (Å²) in [7, 11) is 0. The number of nitrogens with zero attached hydrogens (tertiary/aromatic N) is 2. The molecule has 1 aromatic carbocycles. The molecule has 1 heterocycles. The highest BCUT2D eigenvalue weighted by Crippen LogP contribution is 2.17. The number of carbonyl (C=O) groups is 1. The van der Waals surface area contributed by atoms with Gasteiger partial charge in [0.1, 0.15) is 5.82 Å². The summed E-state index contributed by atoms with van der Waals surface area (Å²) < 4.78 is 0. The van der Waals surface area contributed by atoms with Crippen molar-refractivity contribution in [3.63, 3.8) is 0 Å². The fourth-order valence-electron chi connectivity index (χ4n) is 1.87. The molecule has 0 unspecified atom stereocenters. The summed E-state index contributed by atoms with van der Waals surface area (Å²) in [6, 6.07) is 8.05. The zero-order chi connectivity index (χ0) is 15.4. The molecule has 5 heteroatoms. The number of aromatic nitrogens is 2. The van der Waals surface area contributed by atoms with E-state index in [-0.39, 0.29) is 11.6 Å². The first kappa shape index (κ1) is 15.0. The lowest BCUT2D eigenvalue weighted by Gasteiger charge is -2.11. The molecule has 0 radical (unpaired) electrons. The third-order valence-corrected chi connectivity index (χ3v) is 3.13. The molecule has 0 bridgehead atoms. The van der Waals surface area contributed by atoms with Gasteiger partial charge in [-0.25, -0.2) is 14.8 Å². The molecule has 1 aromatic heterocycles. The topological polar surface area (TPSA) is 75.1 Å². The molecule has 0 aliphatic heterocycles. The fourth-order valence-corrected chi connectivity index (χ4v) is 1.87. The normalized spacial score (nSPS) is 10.7. The Hall–Kier alpha value is -2.43. The van der Waals surface area contributed by atoms with Crippen LogP contribution in [0.4, 0.5) is 5.69 Å². The predicted octanol–water partition coefficient (Wildman–Crippen LogP) is 3.22. The van der Waals surface area contributed by atoms with Crippen LogP contribution in [0.3, 0.4) is 0 Å². The van der Waals surface area contributed by atoms with E-state index in [1.807, 2.05) is 45.0 Å². The quantitative estimate of drug-likeness (QED) is 0.882. The molecule has 5 nitrogen and oxygen atoms in total. The van der Waals surface area contributed by atoms with E-state index in [0.717, 1.165) is 5.56 Å². The van der Waals surface area contributed by atoms with E-state index in [1.165, 1.54) is 5.56 Å². The summed E-state index contributed by atoms with van der Waals surface area (Å²) in [5.74, 6) is -0.423. The zero-order valence-corrected chi connectivity index (χ0v) is 12.4. The monoisotopic (exact) mass is 285 g/mol. The van der Waals surface area contributed by atoms with Crippen LogP contribution >= 0.6 is 0 Å². The number of carboxylic acid groups (broad SMARTS) is 1. The largest absolute Gasteiger partial charge is 0.476 e. The van der Waals surface area contributed by atoms with Gasteiger partial charge < -0.3 is 10.4 Å². The van der Waals surface area contributed by atoms with Gasteiger partial charge in [-0.1, -0.05) is 43.7 Å². The summed E-state index contributed by atoms with van der Waals surface area (Å²) in [5, 5.41) is 12.4. The van der Waals surface area contributed by atoms with Gasteiger partial charge in [0.15, 0.2) is 5.69 Å². The molecule has 0 amide bonds. The standard InChI is InChI=1S/C16H19N3O2/c1-10(2)15-18-9-13(14(19-15)16(20)21)17-8-12-6-4-11(3)5-7-12/h4-7,9-10,17H,8H2,1-3H3,(H,20,21). The number of anilines is 1. The van der Waals surface area contributed by atoms with E-state index in [9.17, 15) is 9.90 Å². The molecular formula is C16H19N3O2. The van der Waals surface area contributed by atoms with Gasteiger partial charge in [0.2, 0.25) is 0 Å². The number of hydrogen-bond acceptors (Lipinski definition) is 4. The van der Waals surface area contributed by atoms with Gasteiger partial charge in [0.25, 0.3) is 0 Å². The summed E-state index contributed by atoms with van der Waals surface area (Å²) in [5.41, 5.74) is 2.72. The van der Waals surface area contributed by atoms with Gasteiger partial charge >= 0.3 is 5.97 Å². The van der Waals surface area contributed by atoms with Crippen LogP contribution in [0.25, 0.3) is 0 Å². The van der Waals surface area contributed by atoms with Crippen molar-refractivity contribution in [3.8, 4) is 0 Å². The highest BCUT2D eigenvalue weighted by atomic mass is 16.4. The van der Waals surface area contributed by atoms with Crippen molar-refractivity contribution in [2.75, 3.05) is 5.32 Å². The minimum atomic E-state index is -1.05. The fraction of sp³-hybridized carbons (Fsp3) is 0.312. The second-order valence-electron chi connectivity index (χ2n) is 5.29. The molecule has 2 N–H and O–H groups in total. The number of aryl methyl sites for hydroxylation is 1. The van der Waals surface area contributed by atoms with Crippen molar-refractivity contribution in [3.05, 3.63) is 53.1 Å². The zero-order valence-electron chi connectivity index (χ0n) is 12.4.